The van der Waals surface area contributed by atoms with Crippen molar-refractivity contribution in [3.05, 3.63) is 69.8 Å². The van der Waals surface area contributed by atoms with E-state index in [1.54, 1.807) is 0 Å². The van der Waals surface area contributed by atoms with Gasteiger partial charge in [-0.05, 0) is 52.5 Å². The van der Waals surface area contributed by atoms with Gasteiger partial charge in [0.05, 0.1) is 11.1 Å². The van der Waals surface area contributed by atoms with Gasteiger partial charge in [0.15, 0.2) is 5.78 Å². The van der Waals surface area contributed by atoms with Crippen LogP contribution >= 0.6 is 0 Å². The van der Waals surface area contributed by atoms with Crippen molar-refractivity contribution in [3.8, 4) is 0 Å². The van der Waals surface area contributed by atoms with Gasteiger partial charge in [0.2, 0.25) is 0 Å². The van der Waals surface area contributed by atoms with E-state index in [9.17, 15) is 19.5 Å². The molecule has 2 N–H and O–H groups in total. The minimum atomic E-state index is -1.37. The predicted octanol–water partition coefficient (Wildman–Crippen LogP) is 4.86. The van der Waals surface area contributed by atoms with Crippen LogP contribution in [0.5, 0.6) is 0 Å². The van der Waals surface area contributed by atoms with E-state index in [2.05, 4.69) is 39.8 Å². The summed E-state index contributed by atoms with van der Waals surface area (Å²) in [5.74, 6) is -2.94. The lowest BCUT2D eigenvalue weighted by molar-refractivity contribution is 0.0651. The zero-order valence-electron chi connectivity index (χ0n) is 17.2. The SMILES string of the molecule is CC1(C)CCC(C)(C)c2cc(CC(=O)c3ccc(C(=O)O)c(C(=O)O)c3)ccc21. The molecule has 29 heavy (non-hydrogen) atoms. The average Bonchev–Trinajstić information content (AvgIpc) is 2.65. The van der Waals surface area contributed by atoms with Crippen molar-refractivity contribution in [2.24, 2.45) is 0 Å². The van der Waals surface area contributed by atoms with E-state index in [-0.39, 0.29) is 39.7 Å². The fourth-order valence-corrected chi connectivity index (χ4v) is 4.11. The fraction of sp³-hybridized carbons (Fsp3) is 0.375. The third-order valence-electron chi connectivity index (χ3n) is 6.08. The van der Waals surface area contributed by atoms with Gasteiger partial charge in [0.1, 0.15) is 0 Å². The van der Waals surface area contributed by atoms with E-state index in [1.165, 1.54) is 23.3 Å². The number of aromatic carboxylic acids is 2. The molecule has 0 radical (unpaired) electrons. The molecule has 1 aliphatic rings. The normalized spacial score (nSPS) is 16.7. The second kappa shape index (κ2) is 7.14. The van der Waals surface area contributed by atoms with Crippen molar-refractivity contribution in [2.75, 3.05) is 0 Å². The summed E-state index contributed by atoms with van der Waals surface area (Å²) in [6, 6.07) is 9.87. The summed E-state index contributed by atoms with van der Waals surface area (Å²) in [6.07, 6.45) is 2.32. The molecule has 3 rings (SSSR count). The Morgan fingerprint density at radius 1 is 0.793 bits per heavy atom. The molecule has 0 saturated heterocycles. The summed E-state index contributed by atoms with van der Waals surface area (Å²) in [6.45, 7) is 8.92. The van der Waals surface area contributed by atoms with Gasteiger partial charge >= 0.3 is 11.9 Å². The van der Waals surface area contributed by atoms with Crippen molar-refractivity contribution in [2.45, 2.75) is 57.8 Å². The van der Waals surface area contributed by atoms with Gasteiger partial charge in [0, 0.05) is 12.0 Å². The average molecular weight is 394 g/mol. The van der Waals surface area contributed by atoms with Crippen LogP contribution in [-0.4, -0.2) is 27.9 Å². The molecule has 0 unspecified atom stereocenters. The van der Waals surface area contributed by atoms with Crippen molar-refractivity contribution in [1.29, 1.82) is 0 Å². The van der Waals surface area contributed by atoms with Crippen LogP contribution in [0.3, 0.4) is 0 Å². The summed E-state index contributed by atoms with van der Waals surface area (Å²) in [5, 5.41) is 18.4. The van der Waals surface area contributed by atoms with Crippen molar-refractivity contribution >= 4 is 17.7 Å². The highest BCUT2D eigenvalue weighted by Gasteiger charge is 2.37. The number of carboxylic acids is 2. The Labute approximate surface area is 170 Å². The molecular formula is C24H26O5. The molecule has 152 valence electrons. The van der Waals surface area contributed by atoms with Gasteiger partial charge < -0.3 is 10.2 Å². The van der Waals surface area contributed by atoms with Gasteiger partial charge in [-0.3, -0.25) is 4.79 Å². The number of fused-ring (bicyclic) bond motifs is 1. The van der Waals surface area contributed by atoms with Gasteiger partial charge in [-0.2, -0.15) is 0 Å². The number of ketones is 1. The molecule has 0 heterocycles. The number of carboxylic acid groups (broad SMARTS) is 2. The molecule has 0 aliphatic heterocycles. The number of rotatable bonds is 5. The van der Waals surface area contributed by atoms with Crippen molar-refractivity contribution in [1.82, 2.24) is 0 Å². The first-order valence-corrected chi connectivity index (χ1v) is 9.70. The topological polar surface area (TPSA) is 91.7 Å². The van der Waals surface area contributed by atoms with Crippen LogP contribution < -0.4 is 0 Å². The third kappa shape index (κ3) is 3.95. The highest BCUT2D eigenvalue weighted by Crippen LogP contribution is 2.45. The number of hydrogen-bond donors (Lipinski definition) is 2. The maximum atomic E-state index is 12.8. The first-order valence-electron chi connectivity index (χ1n) is 9.70. The van der Waals surface area contributed by atoms with E-state index in [1.807, 2.05) is 6.07 Å². The number of carbonyl (C=O) groups excluding carboxylic acids is 1. The zero-order valence-corrected chi connectivity index (χ0v) is 17.2. The minimum Gasteiger partial charge on any atom is -0.478 e. The maximum absolute atomic E-state index is 12.8. The lowest BCUT2D eigenvalue weighted by atomic mass is 9.63. The number of carbonyl (C=O) groups is 3. The highest BCUT2D eigenvalue weighted by atomic mass is 16.4. The molecule has 0 bridgehead atoms. The number of benzene rings is 2. The molecule has 5 nitrogen and oxygen atoms in total. The van der Waals surface area contributed by atoms with Gasteiger partial charge in [-0.1, -0.05) is 52.0 Å². The van der Waals surface area contributed by atoms with Crippen LogP contribution in [-0.2, 0) is 17.3 Å². The summed E-state index contributed by atoms with van der Waals surface area (Å²) in [4.78, 5) is 35.4. The lowest BCUT2D eigenvalue weighted by Crippen LogP contribution is -2.33. The lowest BCUT2D eigenvalue weighted by Gasteiger charge is -2.42. The first-order chi connectivity index (χ1) is 13.4. The Bertz CT molecular complexity index is 1010. The summed E-state index contributed by atoms with van der Waals surface area (Å²) < 4.78 is 0. The van der Waals surface area contributed by atoms with Crippen LogP contribution in [0, 0.1) is 0 Å². The van der Waals surface area contributed by atoms with Gasteiger partial charge in [0.25, 0.3) is 0 Å². The standard InChI is InChI=1S/C24H26O5/c1-23(2)9-10-24(3,4)19-11-14(5-8-18(19)23)12-20(25)15-6-7-16(21(26)27)17(13-15)22(28)29/h5-8,11,13H,9-10,12H2,1-4H3,(H,26,27)(H,28,29). The predicted molar refractivity (Wildman–Crippen MR) is 110 cm³/mol. The fourth-order valence-electron chi connectivity index (χ4n) is 4.11. The Morgan fingerprint density at radius 2 is 1.38 bits per heavy atom. The summed E-state index contributed by atoms with van der Waals surface area (Å²) in [7, 11) is 0. The molecule has 1 aliphatic carbocycles. The smallest absolute Gasteiger partial charge is 0.336 e. The number of hydrogen-bond acceptors (Lipinski definition) is 3. The summed E-state index contributed by atoms with van der Waals surface area (Å²) >= 11 is 0. The van der Waals surface area contributed by atoms with Crippen LogP contribution in [0.1, 0.15) is 88.3 Å². The molecule has 0 saturated carbocycles. The van der Waals surface area contributed by atoms with Crippen LogP contribution in [0.2, 0.25) is 0 Å². The first kappa shape index (κ1) is 20.8. The van der Waals surface area contributed by atoms with Crippen LogP contribution in [0.4, 0.5) is 0 Å². The van der Waals surface area contributed by atoms with Gasteiger partial charge in [-0.15, -0.1) is 0 Å². The molecule has 0 atom stereocenters. The van der Waals surface area contributed by atoms with Crippen LogP contribution in [0.25, 0.3) is 0 Å². The number of Topliss-reactive ketones (excluding diaryl/α,β-unsaturated/α-hetero) is 1. The van der Waals surface area contributed by atoms with E-state index in [4.69, 9.17) is 5.11 Å². The Morgan fingerprint density at radius 3 is 1.97 bits per heavy atom. The molecule has 2 aromatic rings. The van der Waals surface area contributed by atoms with Crippen LogP contribution in [0.15, 0.2) is 36.4 Å². The van der Waals surface area contributed by atoms with E-state index >= 15 is 0 Å². The molecule has 0 aromatic heterocycles. The van der Waals surface area contributed by atoms with E-state index in [0.29, 0.717) is 0 Å². The monoisotopic (exact) mass is 394 g/mol. The quantitative estimate of drug-likeness (QED) is 0.707. The molecule has 0 fully saturated rings. The van der Waals surface area contributed by atoms with Gasteiger partial charge in [-0.25, -0.2) is 9.59 Å². The minimum absolute atomic E-state index is 0.0313. The third-order valence-corrected chi connectivity index (χ3v) is 6.08. The molecule has 0 spiro atoms. The van der Waals surface area contributed by atoms with E-state index < -0.39 is 11.9 Å². The second-order valence-corrected chi connectivity index (χ2v) is 9.12. The van der Waals surface area contributed by atoms with E-state index in [0.717, 1.165) is 24.5 Å². The van der Waals surface area contributed by atoms with Crippen molar-refractivity contribution in [3.63, 3.8) is 0 Å². The maximum Gasteiger partial charge on any atom is 0.336 e. The zero-order chi connectivity index (χ0) is 21.6. The Balaban J connectivity index is 1.93. The largest absolute Gasteiger partial charge is 0.478 e. The molecule has 5 heteroatoms. The Kier molecular flexibility index (Phi) is 5.11. The highest BCUT2D eigenvalue weighted by molar-refractivity contribution is 6.05. The van der Waals surface area contributed by atoms with Crippen molar-refractivity contribution < 1.29 is 24.6 Å². The summed E-state index contributed by atoms with van der Waals surface area (Å²) in [5.41, 5.74) is 3.06. The molecular weight excluding hydrogens is 368 g/mol. The second-order valence-electron chi connectivity index (χ2n) is 9.12. The Hall–Kier alpha value is -2.95. The molecule has 2 aromatic carbocycles. The molecule has 0 amide bonds.